The molecule has 32 heavy (non-hydrogen) atoms. The van der Waals surface area contributed by atoms with Gasteiger partial charge in [0.25, 0.3) is 0 Å². The second kappa shape index (κ2) is 13.1. The summed E-state index contributed by atoms with van der Waals surface area (Å²) in [6, 6.07) is 6.55. The van der Waals surface area contributed by atoms with Gasteiger partial charge in [-0.1, -0.05) is 37.7 Å². The summed E-state index contributed by atoms with van der Waals surface area (Å²) in [4.78, 5) is 7.72. The fourth-order valence-corrected chi connectivity index (χ4v) is 4.22. The fourth-order valence-electron chi connectivity index (χ4n) is 3.70. The summed E-state index contributed by atoms with van der Waals surface area (Å²) < 4.78 is 2.26. The number of H-pyrrole nitrogens is 1. The molecule has 3 N–H and O–H groups in total. The number of aliphatic imine (C=N–C) groups is 1. The van der Waals surface area contributed by atoms with E-state index in [-0.39, 0.29) is 24.0 Å². The summed E-state index contributed by atoms with van der Waals surface area (Å²) in [5.41, 5.74) is 3.80. The Balaban J connectivity index is 0.00000363. The maximum absolute atomic E-state index is 4.40. The van der Waals surface area contributed by atoms with Crippen LogP contribution in [0.5, 0.6) is 0 Å². The number of rotatable bonds is 10. The molecule has 3 aromatic rings. The zero-order chi connectivity index (χ0) is 22.2. The topological polar surface area (TPSA) is 82.9 Å². The van der Waals surface area contributed by atoms with Crippen molar-refractivity contribution in [3.8, 4) is 0 Å². The minimum atomic E-state index is 0. The van der Waals surface area contributed by atoms with Crippen molar-refractivity contribution in [2.24, 2.45) is 10.9 Å². The Morgan fingerprint density at radius 3 is 2.69 bits per heavy atom. The van der Waals surface area contributed by atoms with Gasteiger partial charge in [-0.3, -0.25) is 4.99 Å². The van der Waals surface area contributed by atoms with Crippen LogP contribution in [0.3, 0.4) is 0 Å². The van der Waals surface area contributed by atoms with Gasteiger partial charge in [-0.05, 0) is 49.1 Å². The average molecular weight is 570 g/mol. The molecule has 0 saturated heterocycles. The van der Waals surface area contributed by atoms with E-state index in [1.54, 1.807) is 11.8 Å². The molecule has 1 aromatic carbocycles. The van der Waals surface area contributed by atoms with Crippen LogP contribution in [0.15, 0.2) is 34.5 Å². The van der Waals surface area contributed by atoms with E-state index >= 15 is 0 Å². The molecule has 0 aliphatic carbocycles. The van der Waals surface area contributed by atoms with Gasteiger partial charge >= 0.3 is 0 Å². The Hall–Kier alpha value is -1.75. The van der Waals surface area contributed by atoms with E-state index in [2.05, 4.69) is 86.8 Å². The molecule has 0 aliphatic heterocycles. The number of benzene rings is 1. The molecule has 3 rings (SSSR count). The Morgan fingerprint density at radius 1 is 1.19 bits per heavy atom. The first-order valence-corrected chi connectivity index (χ1v) is 12.2. The van der Waals surface area contributed by atoms with Crippen molar-refractivity contribution >= 4 is 52.6 Å². The number of nitrogens with zero attached hydrogens (tertiary/aromatic N) is 4. The predicted octanol–water partition coefficient (Wildman–Crippen LogP) is 4.40. The van der Waals surface area contributed by atoms with Gasteiger partial charge in [-0.15, -0.1) is 34.2 Å². The van der Waals surface area contributed by atoms with Crippen molar-refractivity contribution in [3.63, 3.8) is 0 Å². The van der Waals surface area contributed by atoms with E-state index in [0.29, 0.717) is 5.92 Å². The third-order valence-corrected chi connectivity index (χ3v) is 5.89. The predicted molar refractivity (Wildman–Crippen MR) is 146 cm³/mol. The summed E-state index contributed by atoms with van der Waals surface area (Å²) in [6.45, 7) is 9.20. The van der Waals surface area contributed by atoms with Gasteiger partial charge in [-0.2, -0.15) is 0 Å². The maximum Gasteiger partial charge on any atom is 0.190 e. The molecular formula is C23H36IN7S. The molecular weight excluding hydrogens is 533 g/mol. The van der Waals surface area contributed by atoms with Gasteiger partial charge in [0.05, 0.1) is 0 Å². The quantitative estimate of drug-likeness (QED) is 0.111. The van der Waals surface area contributed by atoms with Crippen LogP contribution in [0.25, 0.3) is 10.9 Å². The molecule has 176 valence electrons. The first-order valence-electron chi connectivity index (χ1n) is 11.0. The van der Waals surface area contributed by atoms with Crippen LogP contribution in [-0.4, -0.2) is 52.1 Å². The highest BCUT2D eigenvalue weighted by molar-refractivity contribution is 14.0. The van der Waals surface area contributed by atoms with Crippen molar-refractivity contribution in [2.75, 3.05) is 26.4 Å². The summed E-state index contributed by atoms with van der Waals surface area (Å²) in [5.74, 6) is 2.48. The van der Waals surface area contributed by atoms with Gasteiger partial charge in [0.2, 0.25) is 0 Å². The number of fused-ring (bicyclic) bond motifs is 1. The number of nitrogens with one attached hydrogen (secondary N) is 3. The molecule has 7 nitrogen and oxygen atoms in total. The summed E-state index contributed by atoms with van der Waals surface area (Å²) in [7, 11) is 1.81. The summed E-state index contributed by atoms with van der Waals surface area (Å²) >= 11 is 1.66. The minimum Gasteiger partial charge on any atom is -0.361 e. The number of halogens is 1. The molecule has 2 aromatic heterocycles. The highest BCUT2D eigenvalue weighted by Crippen LogP contribution is 2.19. The Labute approximate surface area is 212 Å². The summed E-state index contributed by atoms with van der Waals surface area (Å²) in [5, 5.41) is 17.9. The minimum absolute atomic E-state index is 0. The van der Waals surface area contributed by atoms with E-state index in [1.165, 1.54) is 22.0 Å². The number of hydrogen-bond acceptors (Lipinski definition) is 4. The second-order valence-corrected chi connectivity index (χ2v) is 9.02. The SMILES string of the molecule is CN=C(NCCCc1nnc(SC)n1CC(C)C)NCCc1c[nH]c2cc(C)ccc12.I. The number of aryl methyl sites for hydroxylation is 2. The normalized spacial score (nSPS) is 11.8. The molecule has 0 spiro atoms. The molecule has 9 heteroatoms. The largest absolute Gasteiger partial charge is 0.361 e. The van der Waals surface area contributed by atoms with Crippen LogP contribution in [0.2, 0.25) is 0 Å². The zero-order valence-electron chi connectivity index (χ0n) is 19.7. The smallest absolute Gasteiger partial charge is 0.190 e. The molecule has 0 fully saturated rings. The lowest BCUT2D eigenvalue weighted by atomic mass is 10.1. The molecule has 0 aliphatic rings. The van der Waals surface area contributed by atoms with Crippen LogP contribution >= 0.6 is 35.7 Å². The number of guanidine groups is 1. The van der Waals surface area contributed by atoms with E-state index in [4.69, 9.17) is 0 Å². The average Bonchev–Trinajstić information content (AvgIpc) is 3.32. The molecule has 0 amide bonds. The van der Waals surface area contributed by atoms with Gasteiger partial charge in [-0.25, -0.2) is 0 Å². The molecule has 0 atom stereocenters. The third kappa shape index (κ3) is 7.13. The number of aromatic amines is 1. The number of thioether (sulfide) groups is 1. The van der Waals surface area contributed by atoms with Gasteiger partial charge in [0.15, 0.2) is 11.1 Å². The van der Waals surface area contributed by atoms with Gasteiger partial charge < -0.3 is 20.2 Å². The van der Waals surface area contributed by atoms with Crippen molar-refractivity contribution in [1.29, 1.82) is 0 Å². The highest BCUT2D eigenvalue weighted by Gasteiger charge is 2.12. The fraction of sp³-hybridized carbons (Fsp3) is 0.522. The van der Waals surface area contributed by atoms with E-state index in [0.717, 1.165) is 55.8 Å². The van der Waals surface area contributed by atoms with Crippen LogP contribution < -0.4 is 10.6 Å². The molecule has 2 heterocycles. The molecule has 0 saturated carbocycles. The van der Waals surface area contributed by atoms with Crippen molar-refractivity contribution in [1.82, 2.24) is 30.4 Å². The van der Waals surface area contributed by atoms with Crippen molar-refractivity contribution in [3.05, 3.63) is 41.3 Å². The lowest BCUT2D eigenvalue weighted by Crippen LogP contribution is -2.38. The first-order chi connectivity index (χ1) is 15.0. The summed E-state index contributed by atoms with van der Waals surface area (Å²) in [6.07, 6.45) is 6.99. The third-order valence-electron chi connectivity index (χ3n) is 5.23. The highest BCUT2D eigenvalue weighted by atomic mass is 127. The van der Waals surface area contributed by atoms with Gasteiger partial charge in [0, 0.05) is 50.2 Å². The molecule has 0 unspecified atom stereocenters. The standard InChI is InChI=1S/C23H35N7S.HI/c1-16(2)15-30-21(28-29-23(30)31-5)7-6-11-25-22(24-4)26-12-10-18-14-27-20-13-17(3)8-9-19(18)20;/h8-9,13-14,16,27H,6-7,10-12,15H2,1-5H3,(H2,24,25,26);1H. The van der Waals surface area contributed by atoms with Crippen LogP contribution in [-0.2, 0) is 19.4 Å². The molecule has 0 bridgehead atoms. The van der Waals surface area contributed by atoms with Crippen LogP contribution in [0.1, 0.15) is 37.2 Å². The van der Waals surface area contributed by atoms with Gasteiger partial charge in [0.1, 0.15) is 5.82 Å². The van der Waals surface area contributed by atoms with Crippen molar-refractivity contribution in [2.45, 2.75) is 51.7 Å². The van der Waals surface area contributed by atoms with Crippen LogP contribution in [0.4, 0.5) is 0 Å². The maximum atomic E-state index is 4.40. The Morgan fingerprint density at radius 2 is 1.97 bits per heavy atom. The Bertz CT molecular complexity index is 1010. The number of hydrogen-bond donors (Lipinski definition) is 3. The lowest BCUT2D eigenvalue weighted by molar-refractivity contribution is 0.477. The lowest BCUT2D eigenvalue weighted by Gasteiger charge is -2.13. The first kappa shape index (κ1) is 26.5. The second-order valence-electron chi connectivity index (χ2n) is 8.25. The monoisotopic (exact) mass is 569 g/mol. The Kier molecular flexibility index (Phi) is 10.8. The van der Waals surface area contributed by atoms with Crippen LogP contribution in [0, 0.1) is 12.8 Å². The van der Waals surface area contributed by atoms with E-state index in [9.17, 15) is 0 Å². The zero-order valence-corrected chi connectivity index (χ0v) is 22.9. The molecule has 0 radical (unpaired) electrons. The van der Waals surface area contributed by atoms with Crippen molar-refractivity contribution < 1.29 is 0 Å². The van der Waals surface area contributed by atoms with E-state index < -0.39 is 0 Å². The van der Waals surface area contributed by atoms with E-state index in [1.807, 2.05) is 7.05 Å². The number of aromatic nitrogens is 4.